The number of benzene rings is 1. The molecule has 0 spiro atoms. The highest BCUT2D eigenvalue weighted by molar-refractivity contribution is 5.77. The summed E-state index contributed by atoms with van der Waals surface area (Å²) in [6.07, 6.45) is 7.99. The smallest absolute Gasteiger partial charge is 0.226 e. The molecule has 5 nitrogen and oxygen atoms in total. The van der Waals surface area contributed by atoms with Crippen LogP contribution in [-0.2, 0) is 11.2 Å². The monoisotopic (exact) mass is 325 g/mol. The van der Waals surface area contributed by atoms with Crippen molar-refractivity contribution in [2.75, 3.05) is 6.54 Å². The first kappa shape index (κ1) is 16.4. The van der Waals surface area contributed by atoms with Gasteiger partial charge in [-0.15, -0.1) is 0 Å². The van der Waals surface area contributed by atoms with Crippen molar-refractivity contribution >= 4 is 12.0 Å². The number of likely N-dealkylation sites (tertiary alicyclic amines) is 1. The van der Waals surface area contributed by atoms with Crippen LogP contribution in [0.5, 0.6) is 0 Å². The lowest BCUT2D eigenvalue weighted by Crippen LogP contribution is -2.30. The molecular weight excluding hydrogens is 302 g/mol. The number of allylic oxidation sites excluding steroid dienone is 1. The quantitative estimate of drug-likeness (QED) is 0.811. The molecule has 3 rings (SSSR count). The van der Waals surface area contributed by atoms with Crippen LogP contribution in [0.4, 0.5) is 0 Å². The normalized spacial score (nSPS) is 17.7. The van der Waals surface area contributed by atoms with Crippen LogP contribution in [0.1, 0.15) is 55.9 Å². The van der Waals surface area contributed by atoms with Gasteiger partial charge in [-0.1, -0.05) is 54.6 Å². The Morgan fingerprint density at radius 3 is 2.96 bits per heavy atom. The van der Waals surface area contributed by atoms with Gasteiger partial charge in [0.1, 0.15) is 0 Å². The minimum atomic E-state index is -0.0281. The topological polar surface area (TPSA) is 59.2 Å². The van der Waals surface area contributed by atoms with Gasteiger partial charge in [0.05, 0.1) is 6.04 Å². The molecule has 2 heterocycles. The van der Waals surface area contributed by atoms with Crippen molar-refractivity contribution in [1.29, 1.82) is 0 Å². The Labute approximate surface area is 142 Å². The Morgan fingerprint density at radius 1 is 1.38 bits per heavy atom. The predicted octanol–water partition coefficient (Wildman–Crippen LogP) is 3.79. The molecule has 24 heavy (non-hydrogen) atoms. The highest BCUT2D eigenvalue weighted by atomic mass is 16.5. The van der Waals surface area contributed by atoms with Crippen LogP contribution in [0.25, 0.3) is 6.08 Å². The minimum absolute atomic E-state index is 0.0281. The van der Waals surface area contributed by atoms with E-state index in [0.717, 1.165) is 37.8 Å². The van der Waals surface area contributed by atoms with E-state index in [1.54, 1.807) is 0 Å². The molecule has 0 saturated carbocycles. The molecule has 1 amide bonds. The summed E-state index contributed by atoms with van der Waals surface area (Å²) >= 11 is 0. The number of hydrogen-bond donors (Lipinski definition) is 0. The van der Waals surface area contributed by atoms with Gasteiger partial charge in [-0.2, -0.15) is 4.98 Å². The van der Waals surface area contributed by atoms with Crippen molar-refractivity contribution in [3.8, 4) is 0 Å². The number of amides is 1. The van der Waals surface area contributed by atoms with Gasteiger partial charge in [0.2, 0.25) is 11.8 Å². The fraction of sp³-hybridized carbons (Fsp3) is 0.421. The average molecular weight is 325 g/mol. The number of hydrogen-bond acceptors (Lipinski definition) is 4. The molecule has 1 saturated heterocycles. The molecule has 1 unspecified atom stereocenters. The molecular formula is C19H23N3O2. The second kappa shape index (κ2) is 7.90. The Balaban J connectivity index is 1.55. The van der Waals surface area contributed by atoms with E-state index in [0.29, 0.717) is 18.1 Å². The van der Waals surface area contributed by atoms with Crippen LogP contribution in [0.3, 0.4) is 0 Å². The Kier molecular flexibility index (Phi) is 5.41. The van der Waals surface area contributed by atoms with Gasteiger partial charge in [-0.25, -0.2) is 0 Å². The molecule has 0 N–H and O–H groups in total. The third-order valence-electron chi connectivity index (χ3n) is 4.29. The third-order valence-corrected chi connectivity index (χ3v) is 4.29. The number of carbonyl (C=O) groups is 1. The maximum Gasteiger partial charge on any atom is 0.226 e. The molecule has 1 aromatic heterocycles. The predicted molar refractivity (Wildman–Crippen MR) is 92.1 cm³/mol. The van der Waals surface area contributed by atoms with Gasteiger partial charge < -0.3 is 9.42 Å². The van der Waals surface area contributed by atoms with Crippen LogP contribution in [0, 0.1) is 0 Å². The number of nitrogens with zero attached hydrogens (tertiary/aromatic N) is 3. The van der Waals surface area contributed by atoms with E-state index in [9.17, 15) is 4.79 Å². The first-order valence-corrected chi connectivity index (χ1v) is 8.61. The van der Waals surface area contributed by atoms with Gasteiger partial charge in [0, 0.05) is 19.4 Å². The SMILES string of the molecule is CCc1nc(C2CCCN2C(=O)CCC=Cc2ccccc2)no1. The van der Waals surface area contributed by atoms with Crippen LogP contribution in [0.15, 0.2) is 40.9 Å². The van der Waals surface area contributed by atoms with Crippen molar-refractivity contribution in [2.24, 2.45) is 0 Å². The van der Waals surface area contributed by atoms with Crippen LogP contribution >= 0.6 is 0 Å². The highest BCUT2D eigenvalue weighted by Crippen LogP contribution is 2.30. The molecule has 2 aromatic rings. The summed E-state index contributed by atoms with van der Waals surface area (Å²) in [6.45, 7) is 2.76. The Morgan fingerprint density at radius 2 is 2.21 bits per heavy atom. The summed E-state index contributed by atoms with van der Waals surface area (Å²) in [7, 11) is 0. The van der Waals surface area contributed by atoms with Crippen molar-refractivity contribution < 1.29 is 9.32 Å². The van der Waals surface area contributed by atoms with E-state index in [-0.39, 0.29) is 11.9 Å². The van der Waals surface area contributed by atoms with E-state index in [1.807, 2.05) is 30.0 Å². The summed E-state index contributed by atoms with van der Waals surface area (Å²) in [4.78, 5) is 18.8. The highest BCUT2D eigenvalue weighted by Gasteiger charge is 2.32. The standard InChI is InChI=1S/C19H23N3O2/c1-2-17-20-19(21-24-17)16-12-8-14-22(16)18(23)13-7-6-11-15-9-4-3-5-10-15/h3-6,9-11,16H,2,7-8,12-14H2,1H3. The number of aryl methyl sites for hydroxylation is 1. The van der Waals surface area contributed by atoms with Crippen LogP contribution in [-0.4, -0.2) is 27.5 Å². The lowest BCUT2D eigenvalue weighted by atomic mass is 10.1. The first-order chi connectivity index (χ1) is 11.8. The molecule has 1 aliphatic heterocycles. The molecule has 1 aliphatic rings. The van der Waals surface area contributed by atoms with E-state index < -0.39 is 0 Å². The average Bonchev–Trinajstić information content (AvgIpc) is 3.28. The van der Waals surface area contributed by atoms with Crippen LogP contribution in [0.2, 0.25) is 0 Å². The molecule has 0 bridgehead atoms. The van der Waals surface area contributed by atoms with Crippen molar-refractivity contribution in [1.82, 2.24) is 15.0 Å². The fourth-order valence-electron chi connectivity index (χ4n) is 3.01. The Hall–Kier alpha value is -2.43. The molecule has 1 atom stereocenters. The summed E-state index contributed by atoms with van der Waals surface area (Å²) in [5, 5.41) is 4.04. The Bertz CT molecular complexity index is 694. The lowest BCUT2D eigenvalue weighted by Gasteiger charge is -2.21. The molecule has 0 aliphatic carbocycles. The van der Waals surface area contributed by atoms with E-state index in [2.05, 4.69) is 34.4 Å². The van der Waals surface area contributed by atoms with Crippen molar-refractivity contribution in [3.05, 3.63) is 53.7 Å². The number of carbonyl (C=O) groups excluding carboxylic acids is 1. The van der Waals surface area contributed by atoms with E-state index in [4.69, 9.17) is 4.52 Å². The summed E-state index contributed by atoms with van der Waals surface area (Å²) in [5.41, 5.74) is 1.16. The van der Waals surface area contributed by atoms with E-state index >= 15 is 0 Å². The lowest BCUT2D eigenvalue weighted by molar-refractivity contribution is -0.132. The van der Waals surface area contributed by atoms with Gasteiger partial charge in [0.25, 0.3) is 0 Å². The molecule has 126 valence electrons. The van der Waals surface area contributed by atoms with Gasteiger partial charge in [-0.05, 0) is 24.8 Å². The largest absolute Gasteiger partial charge is 0.339 e. The molecule has 1 fully saturated rings. The van der Waals surface area contributed by atoms with Crippen molar-refractivity contribution in [3.63, 3.8) is 0 Å². The summed E-state index contributed by atoms with van der Waals surface area (Å²) in [5.74, 6) is 1.45. The third kappa shape index (κ3) is 3.91. The molecule has 1 aromatic carbocycles. The zero-order chi connectivity index (χ0) is 16.8. The molecule has 0 radical (unpaired) electrons. The summed E-state index contributed by atoms with van der Waals surface area (Å²) in [6, 6.07) is 10.1. The van der Waals surface area contributed by atoms with Gasteiger partial charge >= 0.3 is 0 Å². The second-order valence-electron chi connectivity index (χ2n) is 6.00. The first-order valence-electron chi connectivity index (χ1n) is 8.61. The maximum atomic E-state index is 12.5. The van der Waals surface area contributed by atoms with Gasteiger partial charge in [-0.3, -0.25) is 4.79 Å². The summed E-state index contributed by atoms with van der Waals surface area (Å²) < 4.78 is 5.19. The fourth-order valence-corrected chi connectivity index (χ4v) is 3.01. The van der Waals surface area contributed by atoms with Crippen molar-refractivity contribution in [2.45, 2.75) is 45.1 Å². The number of aromatic nitrogens is 2. The van der Waals surface area contributed by atoms with Gasteiger partial charge in [0.15, 0.2) is 5.82 Å². The van der Waals surface area contributed by atoms with Crippen LogP contribution < -0.4 is 0 Å². The van der Waals surface area contributed by atoms with E-state index in [1.165, 1.54) is 0 Å². The number of rotatable bonds is 6. The zero-order valence-electron chi connectivity index (χ0n) is 14.0. The minimum Gasteiger partial charge on any atom is -0.339 e. The zero-order valence-corrected chi connectivity index (χ0v) is 14.0. The maximum absolute atomic E-state index is 12.5. The molecule has 5 heteroatoms. The second-order valence-corrected chi connectivity index (χ2v) is 6.00.